The summed E-state index contributed by atoms with van der Waals surface area (Å²) in [5, 5.41) is 2.73. The van der Waals surface area contributed by atoms with E-state index in [1.54, 1.807) is 17.0 Å². The third kappa shape index (κ3) is 6.60. The van der Waals surface area contributed by atoms with Crippen molar-refractivity contribution in [1.82, 2.24) is 14.9 Å². The van der Waals surface area contributed by atoms with Crippen molar-refractivity contribution in [2.24, 2.45) is 5.92 Å². The summed E-state index contributed by atoms with van der Waals surface area (Å²) in [4.78, 5) is 48.3. The molecule has 0 unspecified atom stereocenters. The number of piperidine rings is 1. The normalized spacial score (nSPS) is 13.5. The van der Waals surface area contributed by atoms with Crippen LogP contribution in [0.4, 0.5) is 14.5 Å². The number of nitrogens with one attached hydrogen (secondary N) is 1. The number of anilines is 1. The van der Waals surface area contributed by atoms with E-state index in [0.29, 0.717) is 49.3 Å². The number of likely N-dealkylation sites (tertiary alicyclic amines) is 1. The summed E-state index contributed by atoms with van der Waals surface area (Å²) >= 11 is 0. The van der Waals surface area contributed by atoms with Crippen LogP contribution in [-0.4, -0.2) is 45.6 Å². The first-order valence-corrected chi connectivity index (χ1v) is 13.0. The molecule has 10 heteroatoms. The average Bonchev–Trinajstić information content (AvgIpc) is 2.99. The predicted molar refractivity (Wildman–Crippen MR) is 147 cm³/mol. The van der Waals surface area contributed by atoms with E-state index in [1.807, 2.05) is 31.2 Å². The number of carbonyl (C=O) groups is 3. The van der Waals surface area contributed by atoms with Gasteiger partial charge < -0.3 is 15.0 Å². The summed E-state index contributed by atoms with van der Waals surface area (Å²) in [6, 6.07) is 16.7. The van der Waals surface area contributed by atoms with E-state index in [-0.39, 0.29) is 22.7 Å². The Balaban J connectivity index is 1.13. The maximum atomic E-state index is 14.0. The summed E-state index contributed by atoms with van der Waals surface area (Å²) < 4.78 is 32.9. The monoisotopic (exact) mass is 556 g/mol. The molecule has 0 atom stereocenters. The maximum Gasteiger partial charge on any atom is 0.272 e. The van der Waals surface area contributed by atoms with Gasteiger partial charge in [0, 0.05) is 37.3 Å². The van der Waals surface area contributed by atoms with Crippen LogP contribution in [0.3, 0.4) is 0 Å². The molecule has 0 spiro atoms. The molecule has 1 N–H and O–H groups in total. The number of pyridine rings is 2. The Morgan fingerprint density at radius 1 is 0.902 bits per heavy atom. The van der Waals surface area contributed by atoms with Crippen LogP contribution in [0.1, 0.15) is 49.6 Å². The standard InChI is InChI=1S/C31H26F2N4O4/c1-19-2-7-24(8-3-19)41-28-11-6-23(18-35-28)36-30(39)21-4-10-27(34-17-21)31(40)37-14-12-20(13-15-37)29(38)25-9-5-22(32)16-26(25)33/h2-11,16-18,20H,12-15H2,1H3,(H,36,39). The fraction of sp³-hybridized carbons (Fsp3) is 0.194. The molecule has 41 heavy (non-hydrogen) atoms. The van der Waals surface area contributed by atoms with Crippen molar-refractivity contribution in [2.75, 3.05) is 18.4 Å². The van der Waals surface area contributed by atoms with Gasteiger partial charge in [0.15, 0.2) is 5.78 Å². The highest BCUT2D eigenvalue weighted by Crippen LogP contribution is 2.25. The van der Waals surface area contributed by atoms with Gasteiger partial charge in [-0.05, 0) is 62.2 Å². The van der Waals surface area contributed by atoms with Crippen molar-refractivity contribution < 1.29 is 27.9 Å². The lowest BCUT2D eigenvalue weighted by Crippen LogP contribution is -2.40. The first kappa shape index (κ1) is 27.6. The molecule has 3 heterocycles. The van der Waals surface area contributed by atoms with Crippen molar-refractivity contribution in [3.8, 4) is 11.6 Å². The van der Waals surface area contributed by atoms with Gasteiger partial charge in [-0.2, -0.15) is 0 Å². The highest BCUT2D eigenvalue weighted by molar-refractivity contribution is 6.04. The van der Waals surface area contributed by atoms with E-state index >= 15 is 0 Å². The fourth-order valence-electron chi connectivity index (χ4n) is 4.52. The maximum absolute atomic E-state index is 14.0. The molecule has 1 fully saturated rings. The number of halogens is 2. The third-order valence-electron chi connectivity index (χ3n) is 6.83. The molecule has 4 aromatic rings. The second kappa shape index (κ2) is 12.0. The molecule has 2 amide bonds. The SMILES string of the molecule is Cc1ccc(Oc2ccc(NC(=O)c3ccc(C(=O)N4CCC(C(=O)c5ccc(F)cc5F)CC4)nc3)cn2)cc1. The van der Waals surface area contributed by atoms with Crippen LogP contribution in [0.2, 0.25) is 0 Å². The molecule has 0 saturated carbocycles. The Bertz CT molecular complexity index is 1570. The predicted octanol–water partition coefficient (Wildman–Crippen LogP) is 5.84. The van der Waals surface area contributed by atoms with Gasteiger partial charge in [0.1, 0.15) is 23.1 Å². The van der Waals surface area contributed by atoms with Gasteiger partial charge in [-0.15, -0.1) is 0 Å². The van der Waals surface area contributed by atoms with E-state index in [2.05, 4.69) is 15.3 Å². The molecule has 8 nitrogen and oxygen atoms in total. The topological polar surface area (TPSA) is 101 Å². The molecule has 0 radical (unpaired) electrons. The lowest BCUT2D eigenvalue weighted by atomic mass is 9.88. The van der Waals surface area contributed by atoms with Crippen LogP contribution in [-0.2, 0) is 0 Å². The summed E-state index contributed by atoms with van der Waals surface area (Å²) in [5.41, 5.74) is 1.85. The van der Waals surface area contributed by atoms with Crippen molar-refractivity contribution in [2.45, 2.75) is 19.8 Å². The van der Waals surface area contributed by atoms with Crippen LogP contribution >= 0.6 is 0 Å². The Labute approximate surface area is 235 Å². The smallest absolute Gasteiger partial charge is 0.272 e. The number of aryl methyl sites for hydroxylation is 1. The van der Waals surface area contributed by atoms with Crippen LogP contribution in [0, 0.1) is 24.5 Å². The molecule has 2 aromatic carbocycles. The molecule has 2 aromatic heterocycles. The van der Waals surface area contributed by atoms with Gasteiger partial charge in [-0.3, -0.25) is 19.4 Å². The van der Waals surface area contributed by atoms with Crippen LogP contribution in [0.25, 0.3) is 0 Å². The van der Waals surface area contributed by atoms with E-state index in [4.69, 9.17) is 4.74 Å². The Kier molecular flexibility index (Phi) is 8.09. The van der Waals surface area contributed by atoms with Crippen LogP contribution in [0.5, 0.6) is 11.6 Å². The number of ketones is 1. The number of amides is 2. The lowest BCUT2D eigenvalue weighted by molar-refractivity contribution is 0.0644. The molecular weight excluding hydrogens is 530 g/mol. The molecule has 1 aliphatic rings. The largest absolute Gasteiger partial charge is 0.439 e. The molecule has 208 valence electrons. The number of nitrogens with zero attached hydrogens (tertiary/aromatic N) is 3. The van der Waals surface area contributed by atoms with Gasteiger partial charge in [0.2, 0.25) is 5.88 Å². The van der Waals surface area contributed by atoms with Crippen molar-refractivity contribution in [3.63, 3.8) is 0 Å². The van der Waals surface area contributed by atoms with Crippen LogP contribution in [0.15, 0.2) is 79.1 Å². The minimum Gasteiger partial charge on any atom is -0.439 e. The summed E-state index contributed by atoms with van der Waals surface area (Å²) in [7, 11) is 0. The van der Waals surface area contributed by atoms with E-state index in [9.17, 15) is 23.2 Å². The quantitative estimate of drug-likeness (QED) is 0.287. The summed E-state index contributed by atoms with van der Waals surface area (Å²) in [6.45, 7) is 2.57. The number of aromatic nitrogens is 2. The zero-order valence-corrected chi connectivity index (χ0v) is 22.1. The zero-order chi connectivity index (χ0) is 28.9. The highest BCUT2D eigenvalue weighted by atomic mass is 19.1. The number of carbonyl (C=O) groups excluding carboxylic acids is 3. The molecule has 0 aliphatic carbocycles. The number of hydrogen-bond acceptors (Lipinski definition) is 6. The van der Waals surface area contributed by atoms with Crippen molar-refractivity contribution in [3.05, 3.63) is 113 Å². The molecule has 0 bridgehead atoms. The molecule has 1 saturated heterocycles. The highest BCUT2D eigenvalue weighted by Gasteiger charge is 2.30. The third-order valence-corrected chi connectivity index (χ3v) is 6.83. The Hall–Kier alpha value is -4.99. The summed E-state index contributed by atoms with van der Waals surface area (Å²) in [5.74, 6) is -2.20. The van der Waals surface area contributed by atoms with Gasteiger partial charge in [-0.1, -0.05) is 17.7 Å². The number of hydrogen-bond donors (Lipinski definition) is 1. The number of rotatable bonds is 7. The molecular formula is C31H26F2N4O4. The molecule has 5 rings (SSSR count). The second-order valence-electron chi connectivity index (χ2n) is 9.74. The number of benzene rings is 2. The van der Waals surface area contributed by atoms with Gasteiger partial charge in [0.25, 0.3) is 11.8 Å². The van der Waals surface area contributed by atoms with Crippen LogP contribution < -0.4 is 10.1 Å². The zero-order valence-electron chi connectivity index (χ0n) is 22.1. The Morgan fingerprint density at radius 3 is 2.29 bits per heavy atom. The summed E-state index contributed by atoms with van der Waals surface area (Å²) in [6.07, 6.45) is 3.50. The average molecular weight is 557 g/mol. The van der Waals surface area contributed by atoms with Gasteiger partial charge in [-0.25, -0.2) is 13.8 Å². The lowest BCUT2D eigenvalue weighted by Gasteiger charge is -2.31. The number of ether oxygens (including phenoxy) is 1. The second-order valence-corrected chi connectivity index (χ2v) is 9.74. The van der Waals surface area contributed by atoms with E-state index in [1.165, 1.54) is 24.5 Å². The van der Waals surface area contributed by atoms with E-state index < -0.39 is 29.2 Å². The number of Topliss-reactive ketones (excluding diaryl/α,β-unsaturated/α-hetero) is 1. The van der Waals surface area contributed by atoms with Gasteiger partial charge in [0.05, 0.1) is 23.0 Å². The molecule has 1 aliphatic heterocycles. The Morgan fingerprint density at radius 2 is 1.66 bits per heavy atom. The van der Waals surface area contributed by atoms with Gasteiger partial charge >= 0.3 is 0 Å². The first-order chi connectivity index (χ1) is 19.8. The minimum absolute atomic E-state index is 0.144. The fourth-order valence-corrected chi connectivity index (χ4v) is 4.52. The van der Waals surface area contributed by atoms with E-state index in [0.717, 1.165) is 17.7 Å². The minimum atomic E-state index is -0.887. The first-order valence-electron chi connectivity index (χ1n) is 13.0. The van der Waals surface area contributed by atoms with Crippen molar-refractivity contribution in [1.29, 1.82) is 0 Å². The van der Waals surface area contributed by atoms with Crippen molar-refractivity contribution >= 4 is 23.3 Å².